The summed E-state index contributed by atoms with van der Waals surface area (Å²) in [6.45, 7) is 6.76. The van der Waals surface area contributed by atoms with Crippen LogP contribution in [0.3, 0.4) is 0 Å². The number of ether oxygens (including phenoxy) is 1. The normalized spacial score (nSPS) is 17.3. The number of nitrogens with zero attached hydrogens (tertiary/aromatic N) is 6. The molecule has 0 spiro atoms. The lowest BCUT2D eigenvalue weighted by atomic mass is 10.1. The number of carbonyl (C=O) groups excluding carboxylic acids is 1. The van der Waals surface area contributed by atoms with Crippen LogP contribution in [0.5, 0.6) is 0 Å². The highest BCUT2D eigenvalue weighted by Gasteiger charge is 2.25. The predicted molar refractivity (Wildman–Crippen MR) is 116 cm³/mol. The van der Waals surface area contributed by atoms with Crippen molar-refractivity contribution in [3.63, 3.8) is 0 Å². The smallest absolute Gasteiger partial charge is 0.415 e. The van der Waals surface area contributed by atoms with Gasteiger partial charge in [-0.15, -0.1) is 0 Å². The van der Waals surface area contributed by atoms with Crippen LogP contribution in [0.25, 0.3) is 0 Å². The Morgan fingerprint density at radius 2 is 1.97 bits per heavy atom. The Hall–Kier alpha value is -3.46. The minimum atomic E-state index is -0.369. The fourth-order valence-electron chi connectivity index (χ4n) is 3.98. The quantitative estimate of drug-likeness (QED) is 0.657. The summed E-state index contributed by atoms with van der Waals surface area (Å²) in [6, 6.07) is 10.4. The highest BCUT2D eigenvalue weighted by atomic mass is 16.6. The number of anilines is 2. The molecule has 9 nitrogen and oxygen atoms in total. The number of aromatic nitrogens is 4. The molecule has 0 bridgehead atoms. The summed E-state index contributed by atoms with van der Waals surface area (Å²) in [6.07, 6.45) is 5.20. The zero-order chi connectivity index (χ0) is 21.2. The van der Waals surface area contributed by atoms with E-state index in [-0.39, 0.29) is 12.1 Å². The first-order valence-electron chi connectivity index (χ1n) is 10.5. The number of cyclic esters (lactones) is 1. The number of hydrogen-bond acceptors (Lipinski definition) is 7. The van der Waals surface area contributed by atoms with Gasteiger partial charge in [0.05, 0.1) is 19.1 Å². The average Bonchev–Trinajstić information content (AvgIpc) is 3.43. The summed E-state index contributed by atoms with van der Waals surface area (Å²) in [7, 11) is 0. The van der Waals surface area contributed by atoms with E-state index in [0.717, 1.165) is 37.6 Å². The van der Waals surface area contributed by atoms with E-state index in [1.54, 1.807) is 12.3 Å². The molecule has 2 aliphatic rings. The lowest BCUT2D eigenvalue weighted by Gasteiger charge is -2.27. The fourth-order valence-corrected chi connectivity index (χ4v) is 3.98. The van der Waals surface area contributed by atoms with Crippen LogP contribution >= 0.6 is 0 Å². The van der Waals surface area contributed by atoms with Crippen molar-refractivity contribution in [3.8, 4) is 0 Å². The zero-order valence-corrected chi connectivity index (χ0v) is 17.4. The van der Waals surface area contributed by atoms with Crippen LogP contribution < -0.4 is 10.2 Å². The molecule has 2 aromatic heterocycles. The average molecular weight is 419 g/mol. The predicted octanol–water partition coefficient (Wildman–Crippen LogP) is 2.82. The van der Waals surface area contributed by atoms with Gasteiger partial charge in [-0.25, -0.2) is 14.8 Å². The number of rotatable bonds is 6. The Morgan fingerprint density at radius 1 is 1.10 bits per heavy atom. The van der Waals surface area contributed by atoms with Crippen LogP contribution in [0.1, 0.15) is 29.9 Å². The van der Waals surface area contributed by atoms with Crippen molar-refractivity contribution in [1.82, 2.24) is 24.4 Å². The van der Waals surface area contributed by atoms with Gasteiger partial charge in [0.25, 0.3) is 0 Å². The van der Waals surface area contributed by atoms with E-state index in [1.807, 2.05) is 12.4 Å². The SMILES string of the molecule is CC(Nc1nccc(N2CCOC2=O)n1)c1ccc(CN2CCn3ccnc3C2)cc1. The molecule has 0 aliphatic carbocycles. The summed E-state index contributed by atoms with van der Waals surface area (Å²) in [4.78, 5) is 28.9. The Morgan fingerprint density at radius 3 is 2.77 bits per heavy atom. The van der Waals surface area contributed by atoms with E-state index < -0.39 is 0 Å². The molecule has 1 saturated heterocycles. The van der Waals surface area contributed by atoms with Gasteiger partial charge in [-0.05, 0) is 24.1 Å². The van der Waals surface area contributed by atoms with Crippen molar-refractivity contribution in [2.75, 3.05) is 29.9 Å². The molecule has 9 heteroatoms. The standard InChI is InChI=1S/C22H25N7O2/c1-16(25-21-24-7-6-19(26-21)29-12-13-31-22(29)30)18-4-2-17(3-5-18)14-27-10-11-28-9-8-23-20(28)15-27/h2-9,16H,10-15H2,1H3,(H,24,25,26). The number of imidazole rings is 1. The monoisotopic (exact) mass is 419 g/mol. The lowest BCUT2D eigenvalue weighted by molar-refractivity contribution is 0.181. The van der Waals surface area contributed by atoms with Gasteiger partial charge in [0.2, 0.25) is 5.95 Å². The molecule has 1 aromatic carbocycles. The number of fused-ring (bicyclic) bond motifs is 1. The van der Waals surface area contributed by atoms with Crippen LogP contribution in [0.15, 0.2) is 48.9 Å². The summed E-state index contributed by atoms with van der Waals surface area (Å²) in [5.74, 6) is 2.16. The largest absolute Gasteiger partial charge is 0.447 e. The first kappa shape index (κ1) is 19.5. The molecule has 1 unspecified atom stereocenters. The molecule has 4 heterocycles. The van der Waals surface area contributed by atoms with Gasteiger partial charge in [0.1, 0.15) is 18.2 Å². The maximum absolute atomic E-state index is 11.8. The van der Waals surface area contributed by atoms with Crippen molar-refractivity contribution in [2.24, 2.45) is 0 Å². The van der Waals surface area contributed by atoms with Crippen molar-refractivity contribution in [1.29, 1.82) is 0 Å². The Balaban J connectivity index is 1.21. The van der Waals surface area contributed by atoms with Gasteiger partial charge in [0, 0.05) is 38.2 Å². The number of benzene rings is 1. The number of nitrogens with one attached hydrogen (secondary N) is 1. The molecule has 2 aliphatic heterocycles. The molecule has 31 heavy (non-hydrogen) atoms. The highest BCUT2D eigenvalue weighted by Crippen LogP contribution is 2.22. The second-order valence-electron chi connectivity index (χ2n) is 7.86. The lowest BCUT2D eigenvalue weighted by Crippen LogP contribution is -2.33. The van der Waals surface area contributed by atoms with E-state index in [4.69, 9.17) is 4.74 Å². The van der Waals surface area contributed by atoms with E-state index in [9.17, 15) is 4.79 Å². The maximum Gasteiger partial charge on any atom is 0.415 e. The van der Waals surface area contributed by atoms with Gasteiger partial charge >= 0.3 is 6.09 Å². The topological polar surface area (TPSA) is 88.4 Å². The molecule has 1 N–H and O–H groups in total. The third-order valence-electron chi connectivity index (χ3n) is 5.73. The van der Waals surface area contributed by atoms with Crippen LogP contribution in [0.2, 0.25) is 0 Å². The molecule has 1 fully saturated rings. The molecule has 3 aromatic rings. The van der Waals surface area contributed by atoms with Gasteiger partial charge in [0.15, 0.2) is 0 Å². The number of hydrogen-bond donors (Lipinski definition) is 1. The minimum absolute atomic E-state index is 0.0253. The molecule has 0 radical (unpaired) electrons. The zero-order valence-electron chi connectivity index (χ0n) is 17.4. The van der Waals surface area contributed by atoms with E-state index >= 15 is 0 Å². The second kappa shape index (κ2) is 8.35. The minimum Gasteiger partial charge on any atom is -0.447 e. The Kier molecular flexibility index (Phi) is 5.25. The summed E-state index contributed by atoms with van der Waals surface area (Å²) >= 11 is 0. The third kappa shape index (κ3) is 4.22. The fraction of sp³-hybridized carbons (Fsp3) is 0.364. The van der Waals surface area contributed by atoms with Crippen molar-refractivity contribution < 1.29 is 9.53 Å². The van der Waals surface area contributed by atoms with Crippen LogP contribution in [-0.2, 0) is 24.4 Å². The third-order valence-corrected chi connectivity index (χ3v) is 5.73. The maximum atomic E-state index is 11.8. The van der Waals surface area contributed by atoms with Crippen LogP contribution in [0, 0.1) is 0 Å². The molecular formula is C22H25N7O2. The van der Waals surface area contributed by atoms with Crippen molar-refractivity contribution in [3.05, 3.63) is 65.9 Å². The molecule has 160 valence electrons. The van der Waals surface area contributed by atoms with Gasteiger partial charge < -0.3 is 14.6 Å². The van der Waals surface area contributed by atoms with Crippen molar-refractivity contribution in [2.45, 2.75) is 32.6 Å². The van der Waals surface area contributed by atoms with E-state index in [1.165, 1.54) is 10.5 Å². The van der Waals surface area contributed by atoms with Gasteiger partial charge in [-0.1, -0.05) is 24.3 Å². The first-order valence-corrected chi connectivity index (χ1v) is 10.5. The second-order valence-corrected chi connectivity index (χ2v) is 7.86. The molecule has 5 rings (SSSR count). The molecule has 1 atom stereocenters. The van der Waals surface area contributed by atoms with E-state index in [0.29, 0.717) is 24.9 Å². The number of carbonyl (C=O) groups is 1. The van der Waals surface area contributed by atoms with Crippen molar-refractivity contribution >= 4 is 17.9 Å². The Bertz CT molecular complexity index is 1070. The van der Waals surface area contributed by atoms with Gasteiger partial charge in [-0.3, -0.25) is 9.80 Å². The first-order chi connectivity index (χ1) is 15.2. The van der Waals surface area contributed by atoms with Crippen LogP contribution in [-0.4, -0.2) is 50.2 Å². The number of amides is 1. The van der Waals surface area contributed by atoms with Gasteiger partial charge in [-0.2, -0.15) is 4.98 Å². The Labute approximate surface area is 180 Å². The summed E-state index contributed by atoms with van der Waals surface area (Å²) in [5.41, 5.74) is 2.43. The van der Waals surface area contributed by atoms with Crippen LogP contribution in [0.4, 0.5) is 16.6 Å². The van der Waals surface area contributed by atoms with E-state index in [2.05, 4.69) is 60.9 Å². The summed E-state index contributed by atoms with van der Waals surface area (Å²) < 4.78 is 7.21. The molecular weight excluding hydrogens is 394 g/mol. The highest BCUT2D eigenvalue weighted by molar-refractivity contribution is 5.88. The molecule has 0 saturated carbocycles. The summed E-state index contributed by atoms with van der Waals surface area (Å²) in [5, 5.41) is 3.32. The molecule has 1 amide bonds.